The van der Waals surface area contributed by atoms with Crippen molar-refractivity contribution in [1.29, 1.82) is 0 Å². The Morgan fingerprint density at radius 3 is 2.43 bits per heavy atom. The average Bonchev–Trinajstić information content (AvgIpc) is 2.84. The van der Waals surface area contributed by atoms with Crippen LogP contribution in [0.1, 0.15) is 41.7 Å². The molecule has 0 aromatic heterocycles. The third-order valence-electron chi connectivity index (χ3n) is 6.40. The number of rotatable bonds is 8. The van der Waals surface area contributed by atoms with Crippen molar-refractivity contribution in [3.05, 3.63) is 56.5 Å². The van der Waals surface area contributed by atoms with E-state index in [1.807, 2.05) is 6.92 Å². The second-order valence-corrected chi connectivity index (χ2v) is 9.83. The average molecular weight is 544 g/mol. The first-order valence-electron chi connectivity index (χ1n) is 11.2. The maximum absolute atomic E-state index is 12.7. The molecule has 0 spiro atoms. The van der Waals surface area contributed by atoms with E-state index in [4.69, 9.17) is 45.3 Å². The summed E-state index contributed by atoms with van der Waals surface area (Å²) in [5, 5.41) is 16.1. The number of methoxy groups -OCH3 is 1. The Kier molecular flexibility index (Phi) is 9.35. The lowest BCUT2D eigenvalue weighted by molar-refractivity contribution is 0.0909. The van der Waals surface area contributed by atoms with Crippen molar-refractivity contribution < 1.29 is 19.4 Å². The van der Waals surface area contributed by atoms with Crippen molar-refractivity contribution >= 4 is 52.5 Å². The number of hydrogen-bond acceptors (Lipinski definition) is 5. The summed E-state index contributed by atoms with van der Waals surface area (Å²) >= 11 is 18.3. The summed E-state index contributed by atoms with van der Waals surface area (Å²) in [6.45, 7) is 4.02. The summed E-state index contributed by atoms with van der Waals surface area (Å²) in [5.41, 5.74) is 7.23. The van der Waals surface area contributed by atoms with E-state index in [0.717, 1.165) is 31.5 Å². The molecule has 3 rings (SSSR count). The first-order chi connectivity index (χ1) is 16.6. The number of piperidine rings is 1. The number of halogens is 3. The van der Waals surface area contributed by atoms with Crippen LogP contribution in [0.4, 0.5) is 10.5 Å². The lowest BCUT2D eigenvalue weighted by atomic mass is 9.92. The molecule has 35 heavy (non-hydrogen) atoms. The predicted octanol–water partition coefficient (Wildman–Crippen LogP) is 5.08. The fraction of sp³-hybridized carbons (Fsp3) is 0.417. The van der Waals surface area contributed by atoms with Crippen LogP contribution in [0.3, 0.4) is 0 Å². The monoisotopic (exact) mass is 542 g/mol. The molecule has 2 aromatic carbocycles. The van der Waals surface area contributed by atoms with Crippen molar-refractivity contribution in [2.75, 3.05) is 32.5 Å². The van der Waals surface area contributed by atoms with Gasteiger partial charge in [0.15, 0.2) is 0 Å². The smallest absolute Gasteiger partial charge is 0.405 e. The van der Waals surface area contributed by atoms with Crippen LogP contribution in [0.15, 0.2) is 30.3 Å². The van der Waals surface area contributed by atoms with E-state index >= 15 is 0 Å². The van der Waals surface area contributed by atoms with E-state index in [-0.39, 0.29) is 17.9 Å². The van der Waals surface area contributed by atoms with Gasteiger partial charge in [-0.25, -0.2) is 4.79 Å². The van der Waals surface area contributed by atoms with E-state index in [1.54, 1.807) is 18.2 Å². The van der Waals surface area contributed by atoms with Crippen molar-refractivity contribution in [1.82, 2.24) is 15.5 Å². The predicted molar refractivity (Wildman–Crippen MR) is 139 cm³/mol. The van der Waals surface area contributed by atoms with Crippen LogP contribution in [0.25, 0.3) is 0 Å². The molecule has 2 unspecified atom stereocenters. The van der Waals surface area contributed by atoms with Crippen molar-refractivity contribution in [2.45, 2.75) is 31.8 Å². The molecule has 0 saturated carbocycles. The minimum absolute atomic E-state index is 0.111. The molecule has 2 aromatic rings. The van der Waals surface area contributed by atoms with Gasteiger partial charge in [0, 0.05) is 18.7 Å². The van der Waals surface area contributed by atoms with Crippen LogP contribution in [-0.4, -0.2) is 54.8 Å². The number of nitrogen functional groups attached to an aromatic ring is 1. The number of nitrogens with one attached hydrogen (secondary N) is 2. The first kappa shape index (κ1) is 27.2. The molecule has 5 N–H and O–H groups in total. The molecule has 1 saturated heterocycles. The number of nitrogens with zero attached hydrogens (tertiary/aromatic N) is 1. The summed E-state index contributed by atoms with van der Waals surface area (Å²) in [5.74, 6) is 0.380. The van der Waals surface area contributed by atoms with Crippen LogP contribution in [0, 0.1) is 5.92 Å². The Labute approximate surface area is 219 Å². The van der Waals surface area contributed by atoms with Crippen LogP contribution >= 0.6 is 34.8 Å². The summed E-state index contributed by atoms with van der Waals surface area (Å²) in [7, 11) is 1.47. The van der Waals surface area contributed by atoms with Gasteiger partial charge < -0.3 is 26.2 Å². The molecule has 1 heterocycles. The number of carbonyl (C=O) groups excluding carboxylic acids is 1. The second-order valence-electron chi connectivity index (χ2n) is 8.60. The van der Waals surface area contributed by atoms with Crippen LogP contribution < -0.4 is 21.1 Å². The normalized spacial score (nSPS) is 16.4. The fourth-order valence-electron chi connectivity index (χ4n) is 4.34. The molecule has 0 bridgehead atoms. The minimum atomic E-state index is -1.11. The van der Waals surface area contributed by atoms with E-state index in [9.17, 15) is 14.7 Å². The van der Waals surface area contributed by atoms with Crippen molar-refractivity contribution in [3.63, 3.8) is 0 Å². The molecule has 1 aliphatic heterocycles. The van der Waals surface area contributed by atoms with Gasteiger partial charge in [0.1, 0.15) is 5.75 Å². The van der Waals surface area contributed by atoms with E-state index in [1.165, 1.54) is 19.2 Å². The number of amides is 2. The second kappa shape index (κ2) is 12.0. The highest BCUT2D eigenvalue weighted by Crippen LogP contribution is 2.31. The maximum Gasteiger partial charge on any atom is 0.405 e. The third kappa shape index (κ3) is 6.85. The summed E-state index contributed by atoms with van der Waals surface area (Å²) in [4.78, 5) is 26.4. The zero-order valence-electron chi connectivity index (χ0n) is 19.5. The molecular formula is C24H29Cl3N4O4. The Hall–Kier alpha value is -2.39. The standard InChI is InChI=1S/C24H29Cl3N4O4/c1-13(22(30-24(33)34)15-3-4-17(25)18(26)9-15)31-7-5-14(6-8-31)12-29-23(32)16-10-19(27)20(28)11-21(16)35-2/h3-4,9-11,13-14,22,30H,5-8,12,28H2,1-2H3,(H,29,32)(H,33,34). The van der Waals surface area contributed by atoms with Gasteiger partial charge in [-0.05, 0) is 62.5 Å². The third-order valence-corrected chi connectivity index (χ3v) is 7.47. The number of benzene rings is 2. The zero-order chi connectivity index (χ0) is 25.7. The van der Waals surface area contributed by atoms with Crippen molar-refractivity contribution in [2.24, 2.45) is 5.92 Å². The number of hydrogen-bond donors (Lipinski definition) is 4. The first-order valence-corrected chi connectivity index (χ1v) is 12.3. The fourth-order valence-corrected chi connectivity index (χ4v) is 4.81. The Morgan fingerprint density at radius 2 is 1.83 bits per heavy atom. The molecule has 190 valence electrons. The number of ether oxygens (including phenoxy) is 1. The largest absolute Gasteiger partial charge is 0.496 e. The highest BCUT2D eigenvalue weighted by atomic mass is 35.5. The topological polar surface area (TPSA) is 117 Å². The lowest BCUT2D eigenvalue weighted by Crippen LogP contribution is -2.48. The van der Waals surface area contributed by atoms with Crippen LogP contribution in [0.2, 0.25) is 15.1 Å². The van der Waals surface area contributed by atoms with E-state index < -0.39 is 12.1 Å². The van der Waals surface area contributed by atoms with E-state index in [2.05, 4.69) is 15.5 Å². The number of likely N-dealkylation sites (tertiary alicyclic amines) is 1. The SMILES string of the molecule is COc1cc(N)c(Cl)cc1C(=O)NCC1CCN(C(C)C(NC(=O)O)c2ccc(Cl)c(Cl)c2)CC1. The molecular weight excluding hydrogens is 515 g/mol. The number of carbonyl (C=O) groups is 2. The molecule has 0 radical (unpaired) electrons. The van der Waals surface area contributed by atoms with Gasteiger partial charge in [-0.3, -0.25) is 9.69 Å². The van der Waals surface area contributed by atoms with Crippen LogP contribution in [0.5, 0.6) is 5.75 Å². The molecule has 1 aliphatic rings. The van der Waals surface area contributed by atoms with Gasteiger partial charge in [-0.15, -0.1) is 0 Å². The zero-order valence-corrected chi connectivity index (χ0v) is 21.8. The van der Waals surface area contributed by atoms with Crippen molar-refractivity contribution in [3.8, 4) is 5.75 Å². The molecule has 2 amide bonds. The number of anilines is 1. The summed E-state index contributed by atoms with van der Waals surface area (Å²) in [6, 6.07) is 7.61. The van der Waals surface area contributed by atoms with Gasteiger partial charge >= 0.3 is 6.09 Å². The molecule has 2 atom stereocenters. The molecule has 0 aliphatic carbocycles. The lowest BCUT2D eigenvalue weighted by Gasteiger charge is -2.39. The summed E-state index contributed by atoms with van der Waals surface area (Å²) in [6.07, 6.45) is 0.598. The Balaban J connectivity index is 1.59. The quantitative estimate of drug-likeness (QED) is 0.345. The van der Waals surface area contributed by atoms with E-state index in [0.29, 0.717) is 38.6 Å². The summed E-state index contributed by atoms with van der Waals surface area (Å²) < 4.78 is 5.27. The van der Waals surface area contributed by atoms with Crippen LogP contribution in [-0.2, 0) is 0 Å². The minimum Gasteiger partial charge on any atom is -0.496 e. The maximum atomic E-state index is 12.7. The highest BCUT2D eigenvalue weighted by molar-refractivity contribution is 6.42. The van der Waals surface area contributed by atoms with Gasteiger partial charge in [-0.2, -0.15) is 0 Å². The highest BCUT2D eigenvalue weighted by Gasteiger charge is 2.30. The van der Waals surface area contributed by atoms with Gasteiger partial charge in [0.05, 0.1) is 39.5 Å². The Morgan fingerprint density at radius 1 is 1.14 bits per heavy atom. The molecule has 1 fully saturated rings. The number of carboxylic acid groups (broad SMARTS) is 1. The Bertz CT molecular complexity index is 1080. The molecule has 11 heteroatoms. The number of nitrogens with two attached hydrogens (primary N) is 1. The van der Waals surface area contributed by atoms with Gasteiger partial charge in [0.25, 0.3) is 5.91 Å². The van der Waals surface area contributed by atoms with Gasteiger partial charge in [-0.1, -0.05) is 40.9 Å². The molecule has 8 nitrogen and oxygen atoms in total. The van der Waals surface area contributed by atoms with Gasteiger partial charge in [0.2, 0.25) is 0 Å².